The van der Waals surface area contributed by atoms with Crippen LogP contribution in [0.2, 0.25) is 0 Å². The first kappa shape index (κ1) is 28.3. The fourth-order valence-corrected chi connectivity index (χ4v) is 8.19. The van der Waals surface area contributed by atoms with Crippen LogP contribution < -0.4 is 10.9 Å². The summed E-state index contributed by atoms with van der Waals surface area (Å²) < 4.78 is 1.80. The van der Waals surface area contributed by atoms with Gasteiger partial charge in [-0.25, -0.2) is 9.78 Å². The number of aromatic nitrogens is 2. The van der Waals surface area contributed by atoms with Crippen molar-refractivity contribution in [3.05, 3.63) is 89.0 Å². The van der Waals surface area contributed by atoms with Gasteiger partial charge in [0, 0.05) is 49.4 Å². The summed E-state index contributed by atoms with van der Waals surface area (Å²) in [5.41, 5.74) is 3.27. The number of carbonyl (C=O) groups is 1. The minimum absolute atomic E-state index is 0.00254. The van der Waals surface area contributed by atoms with Gasteiger partial charge in [0.15, 0.2) is 0 Å². The van der Waals surface area contributed by atoms with Crippen molar-refractivity contribution in [3.63, 3.8) is 0 Å². The van der Waals surface area contributed by atoms with E-state index in [1.165, 1.54) is 31.2 Å². The highest BCUT2D eigenvalue weighted by Gasteiger charge is 2.48. The fourth-order valence-electron chi connectivity index (χ4n) is 8.19. The number of nitrogens with zero attached hydrogens (tertiary/aromatic N) is 4. The Bertz CT molecular complexity index is 1480. The standard InChI is InChI=1S/C36H45N5O2/c1-35(18-19-35)38-30-15-21-41(32(22-30)28-12-6-3-7-13-28)34(43)39-20-14-29(36(25-39)16-8-9-17-36)24-40-26-37-31(23-33(40)42)27-10-4-2-5-11-27/h2-7,10-13,23,26,29-30,32,38H,8-9,14-22,24-25H2,1H3/t29-,30+,32-/m0/s1. The topological polar surface area (TPSA) is 70.5 Å². The number of hydrogen-bond acceptors (Lipinski definition) is 4. The van der Waals surface area contributed by atoms with Gasteiger partial charge in [0.2, 0.25) is 0 Å². The molecule has 7 heteroatoms. The van der Waals surface area contributed by atoms with Gasteiger partial charge >= 0.3 is 6.03 Å². The van der Waals surface area contributed by atoms with E-state index in [1.54, 1.807) is 17.0 Å². The summed E-state index contributed by atoms with van der Waals surface area (Å²) in [6.45, 7) is 5.32. The first-order chi connectivity index (χ1) is 20.9. The summed E-state index contributed by atoms with van der Waals surface area (Å²) >= 11 is 0. The van der Waals surface area contributed by atoms with Crippen LogP contribution in [0.15, 0.2) is 77.9 Å². The Morgan fingerprint density at radius 3 is 2.37 bits per heavy atom. The molecule has 2 saturated heterocycles. The molecule has 0 radical (unpaired) electrons. The van der Waals surface area contributed by atoms with Crippen LogP contribution in [0, 0.1) is 11.3 Å². The molecule has 2 aromatic carbocycles. The number of urea groups is 1. The molecule has 2 amide bonds. The van der Waals surface area contributed by atoms with Gasteiger partial charge in [-0.15, -0.1) is 0 Å². The Hall–Kier alpha value is -3.45. The summed E-state index contributed by atoms with van der Waals surface area (Å²) in [5, 5.41) is 3.91. The molecule has 0 unspecified atom stereocenters. The van der Waals surface area contributed by atoms with Crippen molar-refractivity contribution < 1.29 is 4.79 Å². The maximum absolute atomic E-state index is 14.3. The van der Waals surface area contributed by atoms with E-state index in [0.717, 1.165) is 63.0 Å². The van der Waals surface area contributed by atoms with Gasteiger partial charge in [0.1, 0.15) is 0 Å². The summed E-state index contributed by atoms with van der Waals surface area (Å²) in [7, 11) is 0. The number of nitrogens with one attached hydrogen (secondary N) is 1. The number of carbonyl (C=O) groups excluding carboxylic acids is 1. The lowest BCUT2D eigenvalue weighted by Gasteiger charge is -2.49. The molecule has 1 spiro atoms. The average molecular weight is 580 g/mol. The number of hydrogen-bond donors (Lipinski definition) is 1. The second-order valence-corrected chi connectivity index (χ2v) is 13.9. The van der Waals surface area contributed by atoms with Crippen molar-refractivity contribution in [3.8, 4) is 11.3 Å². The van der Waals surface area contributed by atoms with E-state index in [9.17, 15) is 9.59 Å². The molecule has 2 aliphatic carbocycles. The lowest BCUT2D eigenvalue weighted by molar-refractivity contribution is 0.0203. The SMILES string of the molecule is CC1(N[C@@H]2CCN(C(=O)N3CC[C@@H](Cn4cnc(-c5ccccc5)cc4=O)C4(CCCC4)C3)[C@H](c3ccccc3)C2)CC1. The average Bonchev–Trinajstić information content (AvgIpc) is 3.58. The molecule has 1 N–H and O–H groups in total. The number of piperidine rings is 2. The highest BCUT2D eigenvalue weighted by molar-refractivity contribution is 5.75. The minimum Gasteiger partial charge on any atom is -0.324 e. The lowest BCUT2D eigenvalue weighted by Crippen LogP contribution is -2.57. The molecular formula is C36H45N5O2. The molecule has 3 atom stereocenters. The first-order valence-corrected chi connectivity index (χ1v) is 16.4. The van der Waals surface area contributed by atoms with Crippen LogP contribution >= 0.6 is 0 Å². The highest BCUT2D eigenvalue weighted by atomic mass is 16.2. The van der Waals surface area contributed by atoms with Crippen LogP contribution in [-0.4, -0.2) is 56.6 Å². The Kier molecular flexibility index (Phi) is 7.62. The van der Waals surface area contributed by atoms with Crippen LogP contribution in [0.25, 0.3) is 11.3 Å². The molecule has 3 heterocycles. The molecule has 4 aliphatic rings. The highest BCUT2D eigenvalue weighted by Crippen LogP contribution is 2.49. The van der Waals surface area contributed by atoms with E-state index in [4.69, 9.17) is 0 Å². The lowest BCUT2D eigenvalue weighted by atomic mass is 9.69. The monoisotopic (exact) mass is 579 g/mol. The normalized spacial score (nSPS) is 26.0. The molecule has 7 rings (SSSR count). The molecule has 43 heavy (non-hydrogen) atoms. The predicted octanol–water partition coefficient (Wildman–Crippen LogP) is 6.26. The predicted molar refractivity (Wildman–Crippen MR) is 170 cm³/mol. The van der Waals surface area contributed by atoms with Crippen molar-refractivity contribution in [1.29, 1.82) is 0 Å². The van der Waals surface area contributed by atoms with E-state index in [1.807, 2.05) is 30.3 Å². The van der Waals surface area contributed by atoms with Gasteiger partial charge in [-0.2, -0.15) is 0 Å². The summed E-state index contributed by atoms with van der Waals surface area (Å²) in [4.78, 5) is 36.5. The van der Waals surface area contributed by atoms with Crippen molar-refractivity contribution in [2.45, 2.75) is 88.9 Å². The van der Waals surface area contributed by atoms with E-state index in [2.05, 4.69) is 57.4 Å². The van der Waals surface area contributed by atoms with Crippen LogP contribution in [0.4, 0.5) is 4.79 Å². The van der Waals surface area contributed by atoms with Crippen LogP contribution in [0.5, 0.6) is 0 Å². The molecule has 1 aromatic heterocycles. The number of amides is 2. The fraction of sp³-hybridized carbons (Fsp3) is 0.528. The minimum atomic E-state index is 0.00254. The van der Waals surface area contributed by atoms with Gasteiger partial charge in [-0.3, -0.25) is 9.36 Å². The largest absolute Gasteiger partial charge is 0.324 e. The summed E-state index contributed by atoms with van der Waals surface area (Å²) in [5.74, 6) is 0.361. The van der Waals surface area contributed by atoms with Gasteiger partial charge in [-0.1, -0.05) is 73.5 Å². The molecule has 4 fully saturated rings. The van der Waals surface area contributed by atoms with Crippen LogP contribution in [0.1, 0.15) is 76.3 Å². The van der Waals surface area contributed by atoms with E-state index >= 15 is 0 Å². The zero-order chi connectivity index (χ0) is 29.4. The molecule has 2 aliphatic heterocycles. The van der Waals surface area contributed by atoms with E-state index in [0.29, 0.717) is 18.5 Å². The second-order valence-electron chi connectivity index (χ2n) is 13.9. The van der Waals surface area contributed by atoms with Crippen LogP contribution in [-0.2, 0) is 6.54 Å². The second kappa shape index (κ2) is 11.6. The van der Waals surface area contributed by atoms with Crippen molar-refractivity contribution in [2.24, 2.45) is 11.3 Å². The third kappa shape index (κ3) is 5.88. The quantitative estimate of drug-likeness (QED) is 0.374. The number of rotatable bonds is 6. The number of likely N-dealkylation sites (tertiary alicyclic amines) is 2. The molecule has 3 aromatic rings. The zero-order valence-electron chi connectivity index (χ0n) is 25.5. The van der Waals surface area contributed by atoms with Gasteiger partial charge in [0.05, 0.1) is 18.1 Å². The van der Waals surface area contributed by atoms with E-state index < -0.39 is 0 Å². The first-order valence-electron chi connectivity index (χ1n) is 16.4. The molecule has 7 nitrogen and oxygen atoms in total. The number of benzene rings is 2. The molecular weight excluding hydrogens is 534 g/mol. The summed E-state index contributed by atoms with van der Waals surface area (Å²) in [6.07, 6.45) is 11.7. The van der Waals surface area contributed by atoms with Gasteiger partial charge in [0.25, 0.3) is 5.56 Å². The van der Waals surface area contributed by atoms with Gasteiger partial charge in [-0.05, 0) is 68.8 Å². The maximum Gasteiger partial charge on any atom is 0.320 e. The smallest absolute Gasteiger partial charge is 0.320 e. The van der Waals surface area contributed by atoms with Crippen molar-refractivity contribution in [2.75, 3.05) is 19.6 Å². The van der Waals surface area contributed by atoms with Crippen LogP contribution in [0.3, 0.4) is 0 Å². The van der Waals surface area contributed by atoms with Crippen molar-refractivity contribution >= 4 is 6.03 Å². The third-order valence-electron chi connectivity index (χ3n) is 10.9. The Balaban J connectivity index is 1.07. The molecule has 2 saturated carbocycles. The zero-order valence-corrected chi connectivity index (χ0v) is 25.5. The molecule has 0 bridgehead atoms. The Morgan fingerprint density at radius 1 is 0.953 bits per heavy atom. The van der Waals surface area contributed by atoms with Crippen molar-refractivity contribution in [1.82, 2.24) is 24.7 Å². The maximum atomic E-state index is 14.3. The third-order valence-corrected chi connectivity index (χ3v) is 10.9. The van der Waals surface area contributed by atoms with Gasteiger partial charge < -0.3 is 15.1 Å². The Labute approximate surface area is 255 Å². The van der Waals surface area contributed by atoms with E-state index in [-0.39, 0.29) is 28.6 Å². The Morgan fingerprint density at radius 2 is 1.67 bits per heavy atom. The molecule has 226 valence electrons. The summed E-state index contributed by atoms with van der Waals surface area (Å²) in [6, 6.07) is 22.9.